The summed E-state index contributed by atoms with van der Waals surface area (Å²) in [6.07, 6.45) is -3.94. The van der Waals surface area contributed by atoms with Crippen LogP contribution in [-0.2, 0) is 4.79 Å². The van der Waals surface area contributed by atoms with Crippen molar-refractivity contribution in [2.24, 2.45) is 0 Å². The van der Waals surface area contributed by atoms with Gasteiger partial charge in [0.1, 0.15) is 18.2 Å². The van der Waals surface area contributed by atoms with E-state index < -0.39 is 36.9 Å². The molecule has 1 heterocycles. The Morgan fingerprint density at radius 2 is 2.00 bits per heavy atom. The van der Waals surface area contributed by atoms with E-state index in [-0.39, 0.29) is 11.8 Å². The lowest BCUT2D eigenvalue weighted by molar-refractivity contribution is -0.138. The third-order valence-corrected chi connectivity index (χ3v) is 3.84. The summed E-state index contributed by atoms with van der Waals surface area (Å²) in [5.41, 5.74) is 0. The highest BCUT2D eigenvalue weighted by atomic mass is 32.2. The van der Waals surface area contributed by atoms with Crippen molar-refractivity contribution in [1.82, 2.24) is 5.32 Å². The zero-order valence-electron chi connectivity index (χ0n) is 9.06. The number of carbonyl (C=O) groups is 1. The molecule has 0 saturated carbocycles. The summed E-state index contributed by atoms with van der Waals surface area (Å²) < 4.78 is 0. The lowest BCUT2D eigenvalue weighted by Gasteiger charge is -2.23. The van der Waals surface area contributed by atoms with Crippen LogP contribution in [0.15, 0.2) is 0 Å². The van der Waals surface area contributed by atoms with Gasteiger partial charge < -0.3 is 25.5 Å². The minimum Gasteiger partial charge on any atom is -0.480 e. The molecule has 0 aromatic rings. The molecular weight excluding hydrogens is 250 g/mol. The first kappa shape index (κ1) is 14.7. The molecule has 1 aliphatic rings. The SMILES string of the molecule is O=C(O)[C@@H]1CS[C@H](C[C@H](O)[C@H](O)[C@@H](O)CO)N1. The second-order valence-electron chi connectivity index (χ2n) is 3.92. The third kappa shape index (κ3) is 4.09. The molecule has 0 aromatic heterocycles. The number of aliphatic carboxylic acids is 1. The zero-order valence-corrected chi connectivity index (χ0v) is 9.88. The predicted molar refractivity (Wildman–Crippen MR) is 60.5 cm³/mol. The molecule has 1 rings (SSSR count). The third-order valence-electron chi connectivity index (χ3n) is 2.58. The van der Waals surface area contributed by atoms with Crippen molar-refractivity contribution in [1.29, 1.82) is 0 Å². The molecule has 7 nitrogen and oxygen atoms in total. The first-order chi connectivity index (χ1) is 7.95. The maximum absolute atomic E-state index is 10.7. The molecule has 0 bridgehead atoms. The Bertz CT molecular complexity index is 266. The quantitative estimate of drug-likeness (QED) is 0.313. The van der Waals surface area contributed by atoms with Gasteiger partial charge in [-0.1, -0.05) is 0 Å². The minimum absolute atomic E-state index is 0.104. The molecule has 0 radical (unpaired) electrons. The van der Waals surface area contributed by atoms with Gasteiger partial charge >= 0.3 is 5.97 Å². The van der Waals surface area contributed by atoms with Gasteiger partial charge in [-0.3, -0.25) is 10.1 Å². The van der Waals surface area contributed by atoms with E-state index in [0.29, 0.717) is 5.75 Å². The van der Waals surface area contributed by atoms with Gasteiger partial charge in [0.05, 0.1) is 18.1 Å². The van der Waals surface area contributed by atoms with Crippen molar-refractivity contribution < 1.29 is 30.3 Å². The highest BCUT2D eigenvalue weighted by Crippen LogP contribution is 2.23. The maximum Gasteiger partial charge on any atom is 0.321 e. The number of hydrogen-bond donors (Lipinski definition) is 6. The fraction of sp³-hybridized carbons (Fsp3) is 0.889. The van der Waals surface area contributed by atoms with Crippen LogP contribution in [0.25, 0.3) is 0 Å². The van der Waals surface area contributed by atoms with Crippen LogP contribution in [-0.4, -0.2) is 73.6 Å². The summed E-state index contributed by atoms with van der Waals surface area (Å²) in [6.45, 7) is -0.638. The molecule has 0 aliphatic carbocycles. The lowest BCUT2D eigenvalue weighted by atomic mass is 10.1. The van der Waals surface area contributed by atoms with E-state index in [9.17, 15) is 15.0 Å². The Morgan fingerprint density at radius 3 is 2.47 bits per heavy atom. The van der Waals surface area contributed by atoms with Gasteiger partial charge in [-0.25, -0.2) is 0 Å². The number of rotatable bonds is 6. The van der Waals surface area contributed by atoms with E-state index >= 15 is 0 Å². The average molecular weight is 267 g/mol. The van der Waals surface area contributed by atoms with Crippen LogP contribution < -0.4 is 5.32 Å². The van der Waals surface area contributed by atoms with E-state index in [1.54, 1.807) is 0 Å². The number of carboxylic acid groups (broad SMARTS) is 1. The highest BCUT2D eigenvalue weighted by Gasteiger charge is 2.33. The van der Waals surface area contributed by atoms with Crippen molar-refractivity contribution in [2.75, 3.05) is 12.4 Å². The molecule has 17 heavy (non-hydrogen) atoms. The second-order valence-corrected chi connectivity index (χ2v) is 5.16. The Hall–Kier alpha value is -0.380. The van der Waals surface area contributed by atoms with Crippen LogP contribution in [0.5, 0.6) is 0 Å². The summed E-state index contributed by atoms with van der Waals surface area (Å²) in [5.74, 6) is -0.559. The van der Waals surface area contributed by atoms with Crippen molar-refractivity contribution in [2.45, 2.75) is 36.1 Å². The van der Waals surface area contributed by atoms with E-state index in [0.717, 1.165) is 0 Å². The first-order valence-electron chi connectivity index (χ1n) is 5.21. The van der Waals surface area contributed by atoms with E-state index in [4.69, 9.17) is 15.3 Å². The average Bonchev–Trinajstić information content (AvgIpc) is 2.75. The lowest BCUT2D eigenvalue weighted by Crippen LogP contribution is -2.43. The summed E-state index contributed by atoms with van der Waals surface area (Å²) in [6, 6.07) is -0.655. The summed E-state index contributed by atoms with van der Waals surface area (Å²) >= 11 is 1.34. The molecule has 1 fully saturated rings. The molecule has 0 amide bonds. The predicted octanol–water partition coefficient (Wildman–Crippen LogP) is -2.43. The first-order valence-corrected chi connectivity index (χ1v) is 6.26. The molecule has 100 valence electrons. The summed E-state index contributed by atoms with van der Waals surface area (Å²) in [5, 5.41) is 48.0. The van der Waals surface area contributed by atoms with Crippen LogP contribution in [0.1, 0.15) is 6.42 Å². The van der Waals surface area contributed by atoms with Crippen molar-refractivity contribution >= 4 is 17.7 Å². The van der Waals surface area contributed by atoms with Crippen LogP contribution in [0.2, 0.25) is 0 Å². The molecule has 5 atom stereocenters. The smallest absolute Gasteiger partial charge is 0.321 e. The molecule has 0 aromatic carbocycles. The van der Waals surface area contributed by atoms with Gasteiger partial charge in [-0.05, 0) is 0 Å². The van der Waals surface area contributed by atoms with E-state index in [2.05, 4.69) is 5.32 Å². The Labute approximate surface area is 102 Å². The molecule has 0 spiro atoms. The van der Waals surface area contributed by atoms with Crippen LogP contribution >= 0.6 is 11.8 Å². The van der Waals surface area contributed by atoms with E-state index in [1.165, 1.54) is 11.8 Å². The van der Waals surface area contributed by atoms with E-state index in [1.807, 2.05) is 0 Å². The molecule has 1 saturated heterocycles. The summed E-state index contributed by atoms with van der Waals surface area (Å²) in [7, 11) is 0. The number of aliphatic hydroxyl groups is 4. The van der Waals surface area contributed by atoms with Crippen molar-refractivity contribution in [3.8, 4) is 0 Å². The van der Waals surface area contributed by atoms with Gasteiger partial charge in [0.2, 0.25) is 0 Å². The standard InChI is InChI=1S/C9H17NO6S/c11-2-6(13)8(14)5(12)1-7-10-4(3-17-7)9(15)16/h4-8,10-14H,1-3H2,(H,15,16)/t4-,5-,6-,7+,8-/m0/s1. The Balaban J connectivity index is 2.37. The maximum atomic E-state index is 10.7. The fourth-order valence-corrected chi connectivity index (χ4v) is 2.79. The molecule has 1 aliphatic heterocycles. The fourth-order valence-electron chi connectivity index (χ4n) is 1.53. The normalized spacial score (nSPS) is 29.9. The van der Waals surface area contributed by atoms with Gasteiger partial charge in [-0.15, -0.1) is 11.8 Å². The van der Waals surface area contributed by atoms with Crippen LogP contribution in [0, 0.1) is 0 Å². The highest BCUT2D eigenvalue weighted by molar-refractivity contribution is 8.00. The number of hydrogen-bond acceptors (Lipinski definition) is 7. The molecular formula is C9H17NO6S. The van der Waals surface area contributed by atoms with Gasteiger partial charge in [0.25, 0.3) is 0 Å². The second kappa shape index (κ2) is 6.53. The van der Waals surface area contributed by atoms with Crippen LogP contribution in [0.3, 0.4) is 0 Å². The topological polar surface area (TPSA) is 130 Å². The molecule has 8 heteroatoms. The molecule has 6 N–H and O–H groups in total. The zero-order chi connectivity index (χ0) is 13.0. The Morgan fingerprint density at radius 1 is 1.35 bits per heavy atom. The van der Waals surface area contributed by atoms with Gasteiger partial charge in [0, 0.05) is 12.2 Å². The number of aliphatic hydroxyl groups excluding tert-OH is 4. The monoisotopic (exact) mass is 267 g/mol. The van der Waals surface area contributed by atoms with Crippen LogP contribution in [0.4, 0.5) is 0 Å². The van der Waals surface area contributed by atoms with Crippen molar-refractivity contribution in [3.05, 3.63) is 0 Å². The van der Waals surface area contributed by atoms with Gasteiger partial charge in [0.15, 0.2) is 0 Å². The number of carboxylic acids is 1. The number of thioether (sulfide) groups is 1. The molecule has 0 unspecified atom stereocenters. The number of nitrogens with one attached hydrogen (secondary N) is 1. The van der Waals surface area contributed by atoms with Crippen molar-refractivity contribution in [3.63, 3.8) is 0 Å². The summed E-state index contributed by atoms with van der Waals surface area (Å²) in [4.78, 5) is 10.7. The van der Waals surface area contributed by atoms with Gasteiger partial charge in [-0.2, -0.15) is 0 Å². The minimum atomic E-state index is -1.44. The Kier molecular flexibility index (Phi) is 5.63. The largest absolute Gasteiger partial charge is 0.480 e.